The normalized spacial score (nSPS) is 21.3. The summed E-state index contributed by atoms with van der Waals surface area (Å²) >= 11 is 5.92. The Bertz CT molecular complexity index is 1010. The lowest BCUT2D eigenvalue weighted by molar-refractivity contribution is -0.124. The molecule has 1 aromatic heterocycles. The number of benzene rings is 1. The zero-order chi connectivity index (χ0) is 24.8. The number of aromatic nitrogens is 2. The van der Waals surface area contributed by atoms with Gasteiger partial charge < -0.3 is 5.32 Å². The highest BCUT2D eigenvalue weighted by Gasteiger charge is 2.42. The Balaban J connectivity index is 0.00000408. The molecule has 1 aromatic carbocycles. The third-order valence-corrected chi connectivity index (χ3v) is 6.31. The number of halogens is 3. The summed E-state index contributed by atoms with van der Waals surface area (Å²) in [5, 5.41) is 11.6. The zero-order valence-corrected chi connectivity index (χ0v) is 23.1. The molecule has 0 saturated carbocycles. The van der Waals surface area contributed by atoms with E-state index in [-0.39, 0.29) is 51.8 Å². The molecule has 0 radical (unpaired) electrons. The molecule has 1 unspecified atom stereocenters. The van der Waals surface area contributed by atoms with Crippen LogP contribution in [0.4, 0.5) is 4.39 Å². The van der Waals surface area contributed by atoms with Crippen molar-refractivity contribution in [3.8, 4) is 0 Å². The fraction of sp³-hybridized carbons (Fsp3) is 0.615. The first kappa shape index (κ1) is 28.6. The van der Waals surface area contributed by atoms with E-state index >= 15 is 0 Å². The first-order chi connectivity index (χ1) is 15.1. The predicted octanol–water partition coefficient (Wildman–Crippen LogP) is 6.37. The van der Waals surface area contributed by atoms with Crippen LogP contribution in [0.3, 0.4) is 0 Å². The molecule has 0 bridgehead atoms. The molecule has 2 aromatic rings. The molecule has 190 valence electrons. The first-order valence-corrected chi connectivity index (χ1v) is 12.0. The number of carbonyl (C=O) groups is 1. The average molecular weight is 514 g/mol. The third kappa shape index (κ3) is 6.96. The Hall–Kier alpha value is -1.63. The second-order valence-corrected chi connectivity index (χ2v) is 12.6. The minimum absolute atomic E-state index is 0. The van der Waals surface area contributed by atoms with Gasteiger partial charge in [0.2, 0.25) is 5.91 Å². The van der Waals surface area contributed by atoms with E-state index < -0.39 is 11.9 Å². The molecular formula is C26H39Cl2FN4O. The topological polar surface area (TPSA) is 59.0 Å². The van der Waals surface area contributed by atoms with Crippen LogP contribution in [-0.2, 0) is 10.3 Å². The fourth-order valence-electron chi connectivity index (χ4n) is 5.00. The van der Waals surface area contributed by atoms with Crippen molar-refractivity contribution in [2.75, 3.05) is 0 Å². The van der Waals surface area contributed by atoms with E-state index in [9.17, 15) is 9.18 Å². The second-order valence-electron chi connectivity index (χ2n) is 12.2. The molecule has 5 nitrogen and oxygen atoms in total. The van der Waals surface area contributed by atoms with Crippen molar-refractivity contribution in [1.82, 2.24) is 20.4 Å². The molecule has 1 saturated heterocycles. The molecule has 3 rings (SSSR count). The number of nitrogens with one attached hydrogen (secondary N) is 2. The van der Waals surface area contributed by atoms with E-state index in [1.54, 1.807) is 6.07 Å². The van der Waals surface area contributed by atoms with Gasteiger partial charge in [-0.15, -0.1) is 12.4 Å². The van der Waals surface area contributed by atoms with E-state index in [2.05, 4.69) is 66.0 Å². The molecule has 34 heavy (non-hydrogen) atoms. The van der Waals surface area contributed by atoms with Crippen LogP contribution in [-0.4, -0.2) is 27.3 Å². The first-order valence-electron chi connectivity index (χ1n) is 11.6. The number of carbonyl (C=O) groups excluding carboxylic acids is 1. The molecular weight excluding hydrogens is 474 g/mol. The van der Waals surface area contributed by atoms with Gasteiger partial charge in [0.05, 0.1) is 22.3 Å². The summed E-state index contributed by atoms with van der Waals surface area (Å²) in [6.45, 7) is 16.9. The largest absolute Gasteiger partial charge is 0.350 e. The highest BCUT2D eigenvalue weighted by atomic mass is 35.5. The van der Waals surface area contributed by atoms with E-state index in [1.807, 2.05) is 23.0 Å². The zero-order valence-electron chi connectivity index (χ0n) is 21.5. The standard InChI is InChI=1S/C26H38ClFN4O.ClH/c1-24(2,3)15-26(7,8)30-23(33)21-14-17(20-11-12-32(31-20)25(4,5)6)22(29-21)16-9-10-18(27)19(28)13-16;/h9-13,17,21-22,29H,14-15H2,1-8H3,(H,30,33);1H/t17?,21-,22-;/m0./s1. The Morgan fingerprint density at radius 1 is 1.18 bits per heavy atom. The van der Waals surface area contributed by atoms with Crippen molar-refractivity contribution in [3.05, 3.63) is 52.6 Å². The van der Waals surface area contributed by atoms with Crippen LogP contribution in [0.5, 0.6) is 0 Å². The summed E-state index contributed by atoms with van der Waals surface area (Å²) in [4.78, 5) is 13.3. The molecule has 0 aliphatic carbocycles. The third-order valence-electron chi connectivity index (χ3n) is 6.00. The minimum Gasteiger partial charge on any atom is -0.350 e. The van der Waals surface area contributed by atoms with Crippen LogP contribution in [0, 0.1) is 11.2 Å². The number of hydrogen-bond acceptors (Lipinski definition) is 3. The molecule has 1 aliphatic rings. The number of rotatable bonds is 5. The maximum Gasteiger partial charge on any atom is 0.237 e. The highest BCUT2D eigenvalue weighted by Crippen LogP contribution is 2.41. The average Bonchev–Trinajstić information content (AvgIpc) is 3.27. The van der Waals surface area contributed by atoms with Crippen LogP contribution >= 0.6 is 24.0 Å². The van der Waals surface area contributed by atoms with E-state index in [0.717, 1.165) is 17.7 Å². The summed E-state index contributed by atoms with van der Waals surface area (Å²) in [5.74, 6) is -0.578. The van der Waals surface area contributed by atoms with Crippen molar-refractivity contribution in [2.45, 2.75) is 97.3 Å². The number of hydrogen-bond donors (Lipinski definition) is 2. The van der Waals surface area contributed by atoms with Gasteiger partial charge in [-0.1, -0.05) is 38.4 Å². The lowest BCUT2D eigenvalue weighted by Gasteiger charge is -2.34. The van der Waals surface area contributed by atoms with Gasteiger partial charge >= 0.3 is 0 Å². The fourth-order valence-corrected chi connectivity index (χ4v) is 5.12. The number of amides is 1. The van der Waals surface area contributed by atoms with Gasteiger partial charge in [0, 0.05) is 23.7 Å². The monoisotopic (exact) mass is 512 g/mol. The summed E-state index contributed by atoms with van der Waals surface area (Å²) < 4.78 is 16.2. The van der Waals surface area contributed by atoms with E-state index in [4.69, 9.17) is 16.7 Å². The molecule has 2 N–H and O–H groups in total. The Labute approximate surface area is 214 Å². The molecule has 1 fully saturated rings. The maximum absolute atomic E-state index is 14.3. The van der Waals surface area contributed by atoms with Gasteiger partial charge in [0.25, 0.3) is 0 Å². The predicted molar refractivity (Wildman–Crippen MR) is 139 cm³/mol. The summed E-state index contributed by atoms with van der Waals surface area (Å²) in [5.41, 5.74) is 1.24. The van der Waals surface area contributed by atoms with Crippen LogP contribution < -0.4 is 10.6 Å². The molecule has 2 heterocycles. The van der Waals surface area contributed by atoms with Crippen molar-refractivity contribution in [3.63, 3.8) is 0 Å². The Kier molecular flexibility index (Phi) is 8.55. The SMILES string of the molecule is CC(C)(C)CC(C)(C)NC(=O)[C@@H]1CC(c2ccn(C(C)(C)C)n2)[C@H](c2ccc(Cl)c(F)c2)N1.Cl. The second kappa shape index (κ2) is 10.2. The van der Waals surface area contributed by atoms with Gasteiger partial charge in [-0.3, -0.25) is 14.8 Å². The molecule has 8 heteroatoms. The lowest BCUT2D eigenvalue weighted by atomic mass is 9.81. The van der Waals surface area contributed by atoms with Gasteiger partial charge in [0.1, 0.15) is 5.82 Å². The smallest absolute Gasteiger partial charge is 0.237 e. The van der Waals surface area contributed by atoms with Crippen molar-refractivity contribution in [1.29, 1.82) is 0 Å². The summed E-state index contributed by atoms with van der Waals surface area (Å²) in [6, 6.07) is 6.19. The van der Waals surface area contributed by atoms with Crippen LogP contribution in [0.2, 0.25) is 5.02 Å². The van der Waals surface area contributed by atoms with Crippen LogP contribution in [0.15, 0.2) is 30.5 Å². The van der Waals surface area contributed by atoms with Gasteiger partial charge in [-0.2, -0.15) is 5.10 Å². The minimum atomic E-state index is -0.464. The van der Waals surface area contributed by atoms with Crippen LogP contribution in [0.1, 0.15) is 91.4 Å². The maximum atomic E-state index is 14.3. The summed E-state index contributed by atoms with van der Waals surface area (Å²) in [6.07, 6.45) is 3.39. The molecule has 1 aliphatic heterocycles. The quantitative estimate of drug-likeness (QED) is 0.489. The Morgan fingerprint density at radius 3 is 2.35 bits per heavy atom. The van der Waals surface area contributed by atoms with E-state index in [1.165, 1.54) is 6.07 Å². The lowest BCUT2D eigenvalue weighted by Crippen LogP contribution is -2.51. The van der Waals surface area contributed by atoms with Gasteiger partial charge in [0.15, 0.2) is 0 Å². The van der Waals surface area contributed by atoms with Gasteiger partial charge in [-0.05, 0) is 76.6 Å². The Morgan fingerprint density at radius 2 is 1.82 bits per heavy atom. The van der Waals surface area contributed by atoms with Crippen molar-refractivity contribution >= 4 is 29.9 Å². The van der Waals surface area contributed by atoms with Crippen molar-refractivity contribution < 1.29 is 9.18 Å². The number of nitrogens with zero attached hydrogens (tertiary/aromatic N) is 2. The molecule has 0 spiro atoms. The summed E-state index contributed by atoms with van der Waals surface area (Å²) in [7, 11) is 0. The molecule has 1 amide bonds. The highest BCUT2D eigenvalue weighted by molar-refractivity contribution is 6.30. The molecule has 3 atom stereocenters. The van der Waals surface area contributed by atoms with Gasteiger partial charge in [-0.25, -0.2) is 4.39 Å². The van der Waals surface area contributed by atoms with E-state index in [0.29, 0.717) is 6.42 Å². The van der Waals surface area contributed by atoms with Crippen LogP contribution in [0.25, 0.3) is 0 Å². The van der Waals surface area contributed by atoms with Crippen molar-refractivity contribution in [2.24, 2.45) is 5.41 Å².